The smallest absolute Gasteiger partial charge is 0.338 e. The minimum atomic E-state index is -0.748. The Morgan fingerprint density at radius 2 is 1.60 bits per heavy atom. The molecule has 2 N–H and O–H groups in total. The summed E-state index contributed by atoms with van der Waals surface area (Å²) in [6.07, 6.45) is 0.696. The van der Waals surface area contributed by atoms with Crippen LogP contribution >= 0.6 is 0 Å². The zero-order chi connectivity index (χ0) is 25.0. The topological polar surface area (TPSA) is 86.3 Å². The molecule has 2 unspecified atom stereocenters. The number of rotatable bonds is 12. The van der Waals surface area contributed by atoms with Crippen LogP contribution in [-0.2, 0) is 9.53 Å². The van der Waals surface area contributed by atoms with Crippen molar-refractivity contribution in [3.05, 3.63) is 90.0 Å². The molecule has 3 rings (SSSR count). The number of esters is 1. The molecule has 3 aromatic carbocycles. The van der Waals surface area contributed by atoms with E-state index in [1.54, 1.807) is 37.5 Å². The highest BCUT2D eigenvalue weighted by atomic mass is 16.5. The molecule has 0 radical (unpaired) electrons. The van der Waals surface area contributed by atoms with Gasteiger partial charge < -0.3 is 24.1 Å². The van der Waals surface area contributed by atoms with E-state index in [2.05, 4.69) is 5.32 Å². The Labute approximate surface area is 205 Å². The lowest BCUT2D eigenvalue weighted by Crippen LogP contribution is -2.39. The molecule has 3 aromatic rings. The van der Waals surface area contributed by atoms with Crippen LogP contribution in [0.4, 0.5) is 0 Å². The van der Waals surface area contributed by atoms with Gasteiger partial charge in [-0.05, 0) is 48.4 Å². The molecule has 0 saturated heterocycles. The van der Waals surface area contributed by atoms with E-state index >= 15 is 0 Å². The fourth-order valence-electron chi connectivity index (χ4n) is 3.32. The van der Waals surface area contributed by atoms with Gasteiger partial charge in [0.15, 0.2) is 11.5 Å². The van der Waals surface area contributed by atoms with E-state index in [-0.39, 0.29) is 19.4 Å². The van der Waals surface area contributed by atoms with Crippen molar-refractivity contribution in [3.8, 4) is 17.2 Å². The molecular weight excluding hydrogens is 446 g/mol. The standard InChI is InChI=1S/C28H31NO6/c1-20(35-27-12-8-7-11-26(27)32-2)29-18-23(30)19-34-24-15-13-22(14-16-24)25(28(31)33-3)17-21-9-5-4-6-10-21/h4-17,20,23,29-30H,18-19H2,1-3H3. The molecule has 0 aliphatic heterocycles. The third-order valence-corrected chi connectivity index (χ3v) is 5.14. The van der Waals surface area contributed by atoms with Crippen LogP contribution in [0.3, 0.4) is 0 Å². The van der Waals surface area contributed by atoms with Crippen molar-refractivity contribution in [1.82, 2.24) is 5.32 Å². The van der Waals surface area contributed by atoms with Crippen LogP contribution in [0.15, 0.2) is 78.9 Å². The lowest BCUT2D eigenvalue weighted by molar-refractivity contribution is -0.133. The van der Waals surface area contributed by atoms with Gasteiger partial charge in [0.2, 0.25) is 0 Å². The number of carbonyl (C=O) groups is 1. The van der Waals surface area contributed by atoms with E-state index in [0.717, 1.165) is 5.56 Å². The molecule has 0 bridgehead atoms. The number of aliphatic hydroxyl groups excluding tert-OH is 1. The van der Waals surface area contributed by atoms with Crippen LogP contribution in [0.1, 0.15) is 18.1 Å². The molecule has 0 amide bonds. The van der Waals surface area contributed by atoms with Crippen molar-refractivity contribution in [2.24, 2.45) is 0 Å². The Bertz CT molecular complexity index is 1100. The van der Waals surface area contributed by atoms with E-state index in [1.807, 2.05) is 61.5 Å². The maximum absolute atomic E-state index is 12.3. The van der Waals surface area contributed by atoms with Crippen molar-refractivity contribution in [2.75, 3.05) is 27.4 Å². The molecule has 184 valence electrons. The van der Waals surface area contributed by atoms with Crippen molar-refractivity contribution < 1.29 is 28.8 Å². The summed E-state index contributed by atoms with van der Waals surface area (Å²) in [5.74, 6) is 1.42. The Balaban J connectivity index is 1.52. The number of ether oxygens (including phenoxy) is 4. The molecule has 35 heavy (non-hydrogen) atoms. The van der Waals surface area contributed by atoms with E-state index < -0.39 is 12.1 Å². The molecule has 0 aliphatic rings. The van der Waals surface area contributed by atoms with Crippen LogP contribution in [-0.4, -0.2) is 50.8 Å². The Kier molecular flexibility index (Phi) is 9.71. The summed E-state index contributed by atoms with van der Waals surface area (Å²) in [5.41, 5.74) is 2.05. The van der Waals surface area contributed by atoms with Crippen LogP contribution in [0.25, 0.3) is 11.6 Å². The van der Waals surface area contributed by atoms with Crippen molar-refractivity contribution in [1.29, 1.82) is 0 Å². The minimum Gasteiger partial charge on any atom is -0.493 e. The minimum absolute atomic E-state index is 0.0947. The second-order valence-electron chi connectivity index (χ2n) is 7.77. The van der Waals surface area contributed by atoms with E-state index in [1.165, 1.54) is 7.11 Å². The first-order valence-corrected chi connectivity index (χ1v) is 11.3. The number of aliphatic hydroxyl groups is 1. The fourth-order valence-corrected chi connectivity index (χ4v) is 3.32. The Morgan fingerprint density at radius 1 is 0.943 bits per heavy atom. The predicted octanol–water partition coefficient (Wildman–Crippen LogP) is 4.16. The number of carbonyl (C=O) groups excluding carboxylic acids is 1. The monoisotopic (exact) mass is 477 g/mol. The molecule has 0 saturated carbocycles. The van der Waals surface area contributed by atoms with Crippen LogP contribution in [0.2, 0.25) is 0 Å². The van der Waals surface area contributed by atoms with Gasteiger partial charge >= 0.3 is 5.97 Å². The summed E-state index contributed by atoms with van der Waals surface area (Å²) < 4.78 is 21.8. The number of hydrogen-bond acceptors (Lipinski definition) is 7. The van der Waals surface area contributed by atoms with Gasteiger partial charge in [-0.2, -0.15) is 0 Å². The first-order valence-electron chi connectivity index (χ1n) is 11.3. The molecule has 0 aliphatic carbocycles. The van der Waals surface area contributed by atoms with Crippen molar-refractivity contribution in [2.45, 2.75) is 19.3 Å². The molecule has 2 atom stereocenters. The zero-order valence-corrected chi connectivity index (χ0v) is 20.1. The maximum Gasteiger partial charge on any atom is 0.338 e. The highest BCUT2D eigenvalue weighted by molar-refractivity contribution is 6.21. The first kappa shape index (κ1) is 25.8. The van der Waals surface area contributed by atoms with Crippen LogP contribution in [0.5, 0.6) is 17.2 Å². The summed E-state index contributed by atoms with van der Waals surface area (Å²) in [6, 6.07) is 24.0. The average Bonchev–Trinajstić information content (AvgIpc) is 2.90. The highest BCUT2D eigenvalue weighted by Gasteiger charge is 2.14. The second-order valence-corrected chi connectivity index (χ2v) is 7.77. The largest absolute Gasteiger partial charge is 0.493 e. The molecule has 0 spiro atoms. The van der Waals surface area contributed by atoms with Gasteiger partial charge in [0.25, 0.3) is 0 Å². The Morgan fingerprint density at radius 3 is 2.26 bits per heavy atom. The van der Waals surface area contributed by atoms with E-state index in [9.17, 15) is 9.90 Å². The zero-order valence-electron chi connectivity index (χ0n) is 20.1. The normalized spacial score (nSPS) is 13.0. The third-order valence-electron chi connectivity index (χ3n) is 5.14. The average molecular weight is 478 g/mol. The SMILES string of the molecule is COC(=O)C(=Cc1ccccc1)c1ccc(OCC(O)CNC(C)Oc2ccccc2OC)cc1. The van der Waals surface area contributed by atoms with Gasteiger partial charge in [-0.25, -0.2) is 4.79 Å². The third kappa shape index (κ3) is 7.88. The number of nitrogens with one attached hydrogen (secondary N) is 1. The summed E-state index contributed by atoms with van der Waals surface area (Å²) in [5, 5.41) is 13.4. The summed E-state index contributed by atoms with van der Waals surface area (Å²) in [7, 11) is 2.94. The quantitative estimate of drug-likeness (QED) is 0.175. The summed E-state index contributed by atoms with van der Waals surface area (Å²) in [4.78, 5) is 12.3. The highest BCUT2D eigenvalue weighted by Crippen LogP contribution is 2.26. The Hall–Kier alpha value is -3.81. The molecular formula is C28H31NO6. The molecule has 7 heteroatoms. The second kappa shape index (κ2) is 13.2. The van der Waals surface area contributed by atoms with Crippen LogP contribution in [0, 0.1) is 0 Å². The molecule has 7 nitrogen and oxygen atoms in total. The van der Waals surface area contributed by atoms with Gasteiger partial charge in [-0.15, -0.1) is 0 Å². The van der Waals surface area contributed by atoms with E-state index in [0.29, 0.717) is 28.4 Å². The predicted molar refractivity (Wildman–Crippen MR) is 135 cm³/mol. The van der Waals surface area contributed by atoms with Gasteiger partial charge in [0.1, 0.15) is 24.7 Å². The molecule has 0 fully saturated rings. The lowest BCUT2D eigenvalue weighted by Gasteiger charge is -2.20. The summed E-state index contributed by atoms with van der Waals surface area (Å²) >= 11 is 0. The van der Waals surface area contributed by atoms with Crippen LogP contribution < -0.4 is 19.5 Å². The number of methoxy groups -OCH3 is 2. The van der Waals surface area contributed by atoms with Gasteiger partial charge in [0, 0.05) is 6.54 Å². The number of hydrogen-bond donors (Lipinski definition) is 2. The van der Waals surface area contributed by atoms with E-state index in [4.69, 9.17) is 18.9 Å². The number of benzene rings is 3. The molecule has 0 aromatic heterocycles. The molecule has 0 heterocycles. The van der Waals surface area contributed by atoms with Gasteiger partial charge in [-0.1, -0.05) is 54.6 Å². The first-order chi connectivity index (χ1) is 17.0. The number of para-hydroxylation sites is 2. The lowest BCUT2D eigenvalue weighted by atomic mass is 10.0. The maximum atomic E-state index is 12.3. The van der Waals surface area contributed by atoms with Crippen molar-refractivity contribution >= 4 is 17.6 Å². The summed E-state index contributed by atoms with van der Waals surface area (Å²) in [6.45, 7) is 2.22. The van der Waals surface area contributed by atoms with Gasteiger partial charge in [-0.3, -0.25) is 5.32 Å². The van der Waals surface area contributed by atoms with Crippen molar-refractivity contribution in [3.63, 3.8) is 0 Å². The van der Waals surface area contributed by atoms with Gasteiger partial charge in [0.05, 0.1) is 19.8 Å². The fraction of sp³-hybridized carbons (Fsp3) is 0.250.